The summed E-state index contributed by atoms with van der Waals surface area (Å²) in [4.78, 5) is 14.1. The Kier molecular flexibility index (Phi) is 10.5. The van der Waals surface area contributed by atoms with Gasteiger partial charge in [0, 0.05) is 13.1 Å². The van der Waals surface area contributed by atoms with Gasteiger partial charge in [0.25, 0.3) is 0 Å². The fourth-order valence-corrected chi connectivity index (χ4v) is 2.72. The lowest BCUT2D eigenvalue weighted by atomic mass is 10.1. The first kappa shape index (κ1) is 18.4. The molecule has 0 aromatic rings. The largest absolute Gasteiger partial charge is 0.378 e. The summed E-state index contributed by atoms with van der Waals surface area (Å²) in [5.74, 6) is 0.220. The second-order valence-electron chi connectivity index (χ2n) is 6.09. The smallest absolute Gasteiger partial charge is 0.239 e. The van der Waals surface area contributed by atoms with Crippen molar-refractivity contribution in [2.24, 2.45) is 0 Å². The van der Waals surface area contributed by atoms with E-state index in [0.717, 1.165) is 19.6 Å². The van der Waals surface area contributed by atoms with Gasteiger partial charge in [0.1, 0.15) is 0 Å². The van der Waals surface area contributed by atoms with Gasteiger partial charge in [-0.3, -0.25) is 4.79 Å². The van der Waals surface area contributed by atoms with E-state index in [1.165, 1.54) is 51.4 Å². The molecule has 1 amide bonds. The molecule has 1 aliphatic rings. The lowest BCUT2D eigenvalue weighted by Crippen LogP contribution is -2.49. The van der Waals surface area contributed by atoms with Crippen LogP contribution in [0.15, 0.2) is 0 Å². The summed E-state index contributed by atoms with van der Waals surface area (Å²) in [6, 6.07) is -0.0624. The van der Waals surface area contributed by atoms with E-state index in [0.29, 0.717) is 13.2 Å². The molecule has 4 heteroatoms. The molecule has 1 heterocycles. The normalized spacial score (nSPS) is 17.0. The minimum atomic E-state index is -0.0624. The highest BCUT2D eigenvalue weighted by molar-refractivity contribution is 5.81. The van der Waals surface area contributed by atoms with Gasteiger partial charge in [-0.1, -0.05) is 51.9 Å². The van der Waals surface area contributed by atoms with Crippen LogP contribution in [-0.4, -0.2) is 49.7 Å². The number of hydrogen-bond acceptors (Lipinski definition) is 3. The maximum absolute atomic E-state index is 12.2. The zero-order chi connectivity index (χ0) is 15.3. The predicted octanol–water partition coefficient (Wildman–Crippen LogP) is 2.96. The number of rotatable bonds is 11. The van der Waals surface area contributed by atoms with Crippen molar-refractivity contribution in [1.29, 1.82) is 0 Å². The maximum atomic E-state index is 12.2. The molecule has 0 radical (unpaired) electrons. The maximum Gasteiger partial charge on any atom is 0.239 e. The monoisotopic (exact) mass is 298 g/mol. The summed E-state index contributed by atoms with van der Waals surface area (Å²) >= 11 is 0. The summed E-state index contributed by atoms with van der Waals surface area (Å²) in [7, 11) is 0. The second kappa shape index (κ2) is 12.0. The van der Waals surface area contributed by atoms with Gasteiger partial charge in [0.15, 0.2) is 0 Å². The summed E-state index contributed by atoms with van der Waals surface area (Å²) < 4.78 is 5.28. The molecule has 0 aromatic heterocycles. The van der Waals surface area contributed by atoms with Crippen molar-refractivity contribution in [2.45, 2.75) is 71.3 Å². The Bertz CT molecular complexity index is 266. The van der Waals surface area contributed by atoms with Gasteiger partial charge in [0.05, 0.1) is 19.3 Å². The summed E-state index contributed by atoms with van der Waals surface area (Å²) in [5.41, 5.74) is 0. The van der Waals surface area contributed by atoms with Gasteiger partial charge < -0.3 is 15.0 Å². The Hall–Kier alpha value is -0.610. The molecular formula is C17H34N2O2. The quantitative estimate of drug-likeness (QED) is 0.596. The van der Waals surface area contributed by atoms with Crippen LogP contribution in [0, 0.1) is 0 Å². The van der Waals surface area contributed by atoms with Crippen LogP contribution in [0.4, 0.5) is 0 Å². The Labute approximate surface area is 130 Å². The van der Waals surface area contributed by atoms with Crippen LogP contribution < -0.4 is 5.32 Å². The van der Waals surface area contributed by atoms with E-state index in [1.54, 1.807) is 0 Å². The SMILES string of the molecule is CCCCCCCCCCNC(C)C(=O)N1CCOCC1. The van der Waals surface area contributed by atoms with Crippen molar-refractivity contribution in [3.05, 3.63) is 0 Å². The lowest BCUT2D eigenvalue weighted by molar-refractivity contribution is -0.137. The van der Waals surface area contributed by atoms with E-state index in [9.17, 15) is 4.79 Å². The van der Waals surface area contributed by atoms with Crippen molar-refractivity contribution >= 4 is 5.91 Å². The van der Waals surface area contributed by atoms with Gasteiger partial charge in [-0.2, -0.15) is 0 Å². The van der Waals surface area contributed by atoms with Crippen molar-refractivity contribution in [3.8, 4) is 0 Å². The molecule has 4 nitrogen and oxygen atoms in total. The van der Waals surface area contributed by atoms with Gasteiger partial charge in [-0.25, -0.2) is 0 Å². The number of hydrogen-bond donors (Lipinski definition) is 1. The Morgan fingerprint density at radius 3 is 2.24 bits per heavy atom. The lowest BCUT2D eigenvalue weighted by Gasteiger charge is -2.29. The van der Waals surface area contributed by atoms with E-state index >= 15 is 0 Å². The van der Waals surface area contributed by atoms with Crippen molar-refractivity contribution in [3.63, 3.8) is 0 Å². The number of ether oxygens (including phenoxy) is 1. The minimum Gasteiger partial charge on any atom is -0.378 e. The first-order valence-corrected chi connectivity index (χ1v) is 8.85. The van der Waals surface area contributed by atoms with E-state index in [2.05, 4.69) is 12.2 Å². The van der Waals surface area contributed by atoms with Crippen molar-refractivity contribution in [1.82, 2.24) is 10.2 Å². The highest BCUT2D eigenvalue weighted by atomic mass is 16.5. The predicted molar refractivity (Wildman–Crippen MR) is 87.5 cm³/mol. The molecule has 1 saturated heterocycles. The van der Waals surface area contributed by atoms with Crippen molar-refractivity contribution < 1.29 is 9.53 Å². The third-order valence-electron chi connectivity index (χ3n) is 4.17. The van der Waals surface area contributed by atoms with Crippen LogP contribution in [0.25, 0.3) is 0 Å². The highest BCUT2D eigenvalue weighted by Gasteiger charge is 2.21. The number of amides is 1. The average molecular weight is 298 g/mol. The minimum absolute atomic E-state index is 0.0624. The Morgan fingerprint density at radius 1 is 1.05 bits per heavy atom. The van der Waals surface area contributed by atoms with E-state index in [-0.39, 0.29) is 11.9 Å². The van der Waals surface area contributed by atoms with E-state index in [1.807, 2.05) is 11.8 Å². The third-order valence-corrected chi connectivity index (χ3v) is 4.17. The molecule has 1 unspecified atom stereocenters. The molecule has 1 aliphatic heterocycles. The number of carbonyl (C=O) groups is 1. The van der Waals surface area contributed by atoms with E-state index in [4.69, 9.17) is 4.74 Å². The fourth-order valence-electron chi connectivity index (χ4n) is 2.72. The first-order valence-electron chi connectivity index (χ1n) is 8.85. The molecule has 1 atom stereocenters. The average Bonchev–Trinajstić information content (AvgIpc) is 2.53. The van der Waals surface area contributed by atoms with Crippen LogP contribution in [0.3, 0.4) is 0 Å². The molecule has 124 valence electrons. The van der Waals surface area contributed by atoms with Crippen LogP contribution >= 0.6 is 0 Å². The third kappa shape index (κ3) is 8.42. The van der Waals surface area contributed by atoms with Gasteiger partial charge in [-0.05, 0) is 19.9 Å². The number of unbranched alkanes of at least 4 members (excludes halogenated alkanes) is 7. The summed E-state index contributed by atoms with van der Waals surface area (Å²) in [6.07, 6.45) is 10.6. The van der Waals surface area contributed by atoms with Gasteiger partial charge in [-0.15, -0.1) is 0 Å². The van der Waals surface area contributed by atoms with Crippen LogP contribution in [0.2, 0.25) is 0 Å². The van der Waals surface area contributed by atoms with Gasteiger partial charge in [0.2, 0.25) is 5.91 Å². The molecule has 0 bridgehead atoms. The molecule has 0 spiro atoms. The molecular weight excluding hydrogens is 264 g/mol. The Balaban J connectivity index is 1.95. The number of nitrogens with one attached hydrogen (secondary N) is 1. The van der Waals surface area contributed by atoms with Crippen LogP contribution in [0.1, 0.15) is 65.2 Å². The van der Waals surface area contributed by atoms with Gasteiger partial charge >= 0.3 is 0 Å². The first-order chi connectivity index (χ1) is 10.3. The molecule has 21 heavy (non-hydrogen) atoms. The zero-order valence-corrected chi connectivity index (χ0v) is 14.0. The highest BCUT2D eigenvalue weighted by Crippen LogP contribution is 2.08. The molecule has 1 rings (SSSR count). The topological polar surface area (TPSA) is 41.6 Å². The standard InChI is InChI=1S/C17H34N2O2/c1-3-4-5-6-7-8-9-10-11-18-16(2)17(20)19-12-14-21-15-13-19/h16,18H,3-15H2,1-2H3. The zero-order valence-electron chi connectivity index (χ0n) is 14.0. The van der Waals surface area contributed by atoms with Crippen LogP contribution in [0.5, 0.6) is 0 Å². The molecule has 1 N–H and O–H groups in total. The molecule has 1 fully saturated rings. The summed E-state index contributed by atoms with van der Waals surface area (Å²) in [5, 5.41) is 3.36. The van der Waals surface area contributed by atoms with Crippen LogP contribution in [-0.2, 0) is 9.53 Å². The number of carbonyl (C=O) groups excluding carboxylic acids is 1. The molecule has 0 aromatic carbocycles. The van der Waals surface area contributed by atoms with Crippen molar-refractivity contribution in [2.75, 3.05) is 32.8 Å². The Morgan fingerprint density at radius 2 is 1.62 bits per heavy atom. The molecule has 0 saturated carbocycles. The fraction of sp³-hybridized carbons (Fsp3) is 0.941. The van der Waals surface area contributed by atoms with E-state index < -0.39 is 0 Å². The molecule has 0 aliphatic carbocycles. The number of nitrogens with zero attached hydrogens (tertiary/aromatic N) is 1. The second-order valence-corrected chi connectivity index (χ2v) is 6.09. The summed E-state index contributed by atoms with van der Waals surface area (Å²) in [6.45, 7) is 8.01. The number of morpholine rings is 1.